The number of methoxy groups -OCH3 is 1. The van der Waals surface area contributed by atoms with E-state index in [-0.39, 0.29) is 11.8 Å². The van der Waals surface area contributed by atoms with Crippen LogP contribution in [0.3, 0.4) is 0 Å². The maximum Gasteiger partial charge on any atom is 0.281 e. The van der Waals surface area contributed by atoms with E-state index in [9.17, 15) is 13.2 Å². The average Bonchev–Trinajstić information content (AvgIpc) is 2.72. The number of ether oxygens (including phenoxy) is 1. The Labute approximate surface area is 168 Å². The van der Waals surface area contributed by atoms with Gasteiger partial charge in [-0.2, -0.15) is 17.0 Å². The topological polar surface area (TPSA) is 79.0 Å². The SMILES string of the molecule is COc1cccc(CNC(=O)C2CCN(S(=O)(=O)N3CCC(C)CC3)CC2)c1. The van der Waals surface area contributed by atoms with Crippen molar-refractivity contribution in [1.82, 2.24) is 13.9 Å². The van der Waals surface area contributed by atoms with E-state index in [1.165, 1.54) is 0 Å². The van der Waals surface area contributed by atoms with Crippen LogP contribution in [0.2, 0.25) is 0 Å². The molecule has 2 saturated heterocycles. The summed E-state index contributed by atoms with van der Waals surface area (Å²) >= 11 is 0. The summed E-state index contributed by atoms with van der Waals surface area (Å²) in [6, 6.07) is 7.60. The van der Waals surface area contributed by atoms with E-state index >= 15 is 0 Å². The van der Waals surface area contributed by atoms with Gasteiger partial charge in [0.15, 0.2) is 0 Å². The largest absolute Gasteiger partial charge is 0.497 e. The number of nitrogens with one attached hydrogen (secondary N) is 1. The molecule has 2 aliphatic rings. The van der Waals surface area contributed by atoms with E-state index in [0.717, 1.165) is 24.2 Å². The zero-order chi connectivity index (χ0) is 20.1. The van der Waals surface area contributed by atoms with Gasteiger partial charge >= 0.3 is 0 Å². The van der Waals surface area contributed by atoms with Gasteiger partial charge in [0.2, 0.25) is 5.91 Å². The molecule has 0 aromatic heterocycles. The molecule has 1 aromatic carbocycles. The van der Waals surface area contributed by atoms with Crippen LogP contribution in [-0.2, 0) is 21.5 Å². The number of rotatable bonds is 6. The van der Waals surface area contributed by atoms with E-state index in [4.69, 9.17) is 4.74 Å². The highest BCUT2D eigenvalue weighted by atomic mass is 32.2. The van der Waals surface area contributed by atoms with E-state index < -0.39 is 10.2 Å². The second-order valence-electron chi connectivity index (χ2n) is 7.83. The Bertz CT molecular complexity index is 767. The Morgan fingerprint density at radius 1 is 1.11 bits per heavy atom. The number of amides is 1. The molecule has 0 saturated carbocycles. The first-order valence-electron chi connectivity index (χ1n) is 10.1. The van der Waals surface area contributed by atoms with E-state index in [0.29, 0.717) is 51.5 Å². The van der Waals surface area contributed by atoms with Crippen molar-refractivity contribution in [3.63, 3.8) is 0 Å². The molecule has 1 N–H and O–H groups in total. The summed E-state index contributed by atoms with van der Waals surface area (Å²) in [7, 11) is -1.78. The Hall–Kier alpha value is -1.64. The minimum absolute atomic E-state index is 0.00772. The molecule has 0 radical (unpaired) electrons. The molecule has 2 aliphatic heterocycles. The molecular formula is C20H31N3O4S. The predicted octanol–water partition coefficient (Wildman–Crippen LogP) is 2.00. The molecule has 1 amide bonds. The third-order valence-electron chi connectivity index (χ3n) is 5.82. The van der Waals surface area contributed by atoms with Gasteiger partial charge in [-0.15, -0.1) is 0 Å². The van der Waals surface area contributed by atoms with Crippen molar-refractivity contribution < 1.29 is 17.9 Å². The van der Waals surface area contributed by atoms with Crippen LogP contribution in [0.1, 0.15) is 38.2 Å². The van der Waals surface area contributed by atoms with Crippen molar-refractivity contribution in [2.45, 2.75) is 39.2 Å². The molecule has 2 fully saturated rings. The standard InChI is InChI=1S/C20H31N3O4S/c1-16-6-10-22(11-7-16)28(25,26)23-12-8-18(9-13-23)20(24)21-15-17-4-3-5-19(14-17)27-2/h3-5,14,16,18H,6-13,15H2,1-2H3,(H,21,24). The van der Waals surface area contributed by atoms with Crippen LogP contribution < -0.4 is 10.1 Å². The maximum absolute atomic E-state index is 12.8. The molecule has 2 heterocycles. The first kappa shape index (κ1) is 21.1. The van der Waals surface area contributed by atoms with Gasteiger partial charge in [0.25, 0.3) is 10.2 Å². The van der Waals surface area contributed by atoms with Crippen molar-refractivity contribution in [3.8, 4) is 5.75 Å². The van der Waals surface area contributed by atoms with Gasteiger partial charge in [-0.1, -0.05) is 19.1 Å². The molecule has 0 aliphatic carbocycles. The van der Waals surface area contributed by atoms with Crippen molar-refractivity contribution in [2.24, 2.45) is 11.8 Å². The number of carbonyl (C=O) groups is 1. The summed E-state index contributed by atoms with van der Waals surface area (Å²) in [5.74, 6) is 1.20. The summed E-state index contributed by atoms with van der Waals surface area (Å²) in [4.78, 5) is 12.5. The minimum atomic E-state index is -3.40. The lowest BCUT2D eigenvalue weighted by Crippen LogP contribution is -2.50. The minimum Gasteiger partial charge on any atom is -0.497 e. The van der Waals surface area contributed by atoms with Crippen LogP contribution >= 0.6 is 0 Å². The van der Waals surface area contributed by atoms with Crippen molar-refractivity contribution in [1.29, 1.82) is 0 Å². The van der Waals surface area contributed by atoms with Crippen molar-refractivity contribution >= 4 is 16.1 Å². The molecule has 0 bridgehead atoms. The van der Waals surface area contributed by atoms with Crippen LogP contribution in [0.4, 0.5) is 0 Å². The van der Waals surface area contributed by atoms with Gasteiger partial charge in [0, 0.05) is 38.6 Å². The highest BCUT2D eigenvalue weighted by Crippen LogP contribution is 2.25. The number of nitrogens with zero attached hydrogens (tertiary/aromatic N) is 2. The molecule has 0 unspecified atom stereocenters. The van der Waals surface area contributed by atoms with Crippen molar-refractivity contribution in [2.75, 3.05) is 33.3 Å². The van der Waals surface area contributed by atoms with E-state index in [1.54, 1.807) is 15.7 Å². The zero-order valence-electron chi connectivity index (χ0n) is 16.8. The third kappa shape index (κ3) is 5.04. The Balaban J connectivity index is 1.48. The first-order chi connectivity index (χ1) is 13.4. The Morgan fingerprint density at radius 2 is 1.71 bits per heavy atom. The van der Waals surface area contributed by atoms with Crippen LogP contribution in [0, 0.1) is 11.8 Å². The lowest BCUT2D eigenvalue weighted by atomic mass is 9.97. The lowest BCUT2D eigenvalue weighted by molar-refractivity contribution is -0.126. The lowest BCUT2D eigenvalue weighted by Gasteiger charge is -2.37. The summed E-state index contributed by atoms with van der Waals surface area (Å²) in [6.07, 6.45) is 2.96. The van der Waals surface area contributed by atoms with Gasteiger partial charge in [-0.25, -0.2) is 0 Å². The molecule has 8 heteroatoms. The number of hydrogen-bond donors (Lipinski definition) is 1. The fourth-order valence-corrected chi connectivity index (χ4v) is 5.51. The summed E-state index contributed by atoms with van der Waals surface area (Å²) in [5.41, 5.74) is 0.979. The molecule has 3 rings (SSSR count). The van der Waals surface area contributed by atoms with Gasteiger partial charge in [0.05, 0.1) is 7.11 Å². The number of carbonyl (C=O) groups excluding carboxylic acids is 1. The predicted molar refractivity (Wildman–Crippen MR) is 108 cm³/mol. The van der Waals surface area contributed by atoms with Crippen LogP contribution in [0.5, 0.6) is 5.75 Å². The summed E-state index contributed by atoms with van der Waals surface area (Å²) in [6.45, 7) is 4.63. The number of benzene rings is 1. The average molecular weight is 410 g/mol. The van der Waals surface area contributed by atoms with Gasteiger partial charge in [-0.05, 0) is 49.3 Å². The zero-order valence-corrected chi connectivity index (χ0v) is 17.6. The molecule has 156 valence electrons. The fraction of sp³-hybridized carbons (Fsp3) is 0.650. The van der Waals surface area contributed by atoms with Gasteiger partial charge in [0.1, 0.15) is 5.75 Å². The highest BCUT2D eigenvalue weighted by molar-refractivity contribution is 7.86. The van der Waals surface area contributed by atoms with E-state index in [2.05, 4.69) is 12.2 Å². The second kappa shape index (κ2) is 9.24. The molecule has 1 aromatic rings. The van der Waals surface area contributed by atoms with Crippen LogP contribution in [0.25, 0.3) is 0 Å². The number of piperidine rings is 2. The van der Waals surface area contributed by atoms with Crippen molar-refractivity contribution in [3.05, 3.63) is 29.8 Å². The molecule has 28 heavy (non-hydrogen) atoms. The second-order valence-corrected chi connectivity index (χ2v) is 9.76. The highest BCUT2D eigenvalue weighted by Gasteiger charge is 2.35. The van der Waals surface area contributed by atoms with E-state index in [1.807, 2.05) is 24.3 Å². The normalized spacial score (nSPS) is 20.8. The molecule has 0 atom stereocenters. The number of hydrogen-bond acceptors (Lipinski definition) is 4. The maximum atomic E-state index is 12.8. The monoisotopic (exact) mass is 409 g/mol. The first-order valence-corrected chi connectivity index (χ1v) is 11.5. The fourth-order valence-electron chi connectivity index (χ4n) is 3.84. The summed E-state index contributed by atoms with van der Waals surface area (Å²) in [5, 5.41) is 2.97. The quantitative estimate of drug-likeness (QED) is 0.779. The third-order valence-corrected chi connectivity index (χ3v) is 7.86. The molecule has 0 spiro atoms. The van der Waals surface area contributed by atoms with Crippen LogP contribution in [-0.4, -0.2) is 56.2 Å². The Kier molecular flexibility index (Phi) is 6.95. The Morgan fingerprint density at radius 3 is 2.32 bits per heavy atom. The van der Waals surface area contributed by atoms with Gasteiger partial charge < -0.3 is 10.1 Å². The summed E-state index contributed by atoms with van der Waals surface area (Å²) < 4.78 is 34.0. The molecular weight excluding hydrogens is 378 g/mol. The van der Waals surface area contributed by atoms with Gasteiger partial charge in [-0.3, -0.25) is 4.79 Å². The van der Waals surface area contributed by atoms with Crippen LogP contribution in [0.15, 0.2) is 24.3 Å². The molecule has 7 nitrogen and oxygen atoms in total. The smallest absolute Gasteiger partial charge is 0.281 e.